The Kier molecular flexibility index (Phi) is 1.55. The lowest BCUT2D eigenvalue weighted by Crippen LogP contribution is -2.26. The molecule has 1 aliphatic rings. The minimum absolute atomic E-state index is 0.230. The first-order chi connectivity index (χ1) is 4.04. The molecular weight excluding hydrogens is 110 g/mol. The lowest BCUT2D eigenvalue weighted by molar-refractivity contribution is 0.461. The Morgan fingerprint density at radius 2 is 2.11 bits per heavy atom. The summed E-state index contributed by atoms with van der Waals surface area (Å²) in [5.41, 5.74) is 6.22. The second kappa shape index (κ2) is 1.98. The Hall–Kier alpha value is -0.0400. The normalized spacial score (nSPS) is 41.7. The zero-order valence-corrected chi connectivity index (χ0v) is 6.65. The second-order valence-corrected chi connectivity index (χ2v) is 3.94. The molecular formula is C8H17N. The van der Waals surface area contributed by atoms with Crippen LogP contribution in [0.2, 0.25) is 0 Å². The van der Waals surface area contributed by atoms with Crippen LogP contribution in [0.1, 0.15) is 33.6 Å². The lowest BCUT2D eigenvalue weighted by atomic mass is 10.0. The van der Waals surface area contributed by atoms with Crippen molar-refractivity contribution in [3.8, 4) is 0 Å². The van der Waals surface area contributed by atoms with E-state index in [1.165, 1.54) is 12.8 Å². The number of nitrogens with two attached hydrogens (primary N) is 1. The maximum Gasteiger partial charge on any atom is 0.0186 e. The molecule has 1 rings (SSSR count). The first-order valence-corrected chi connectivity index (χ1v) is 3.83. The van der Waals surface area contributed by atoms with Gasteiger partial charge in [-0.3, -0.25) is 0 Å². The molecule has 0 bridgehead atoms. The predicted octanol–water partition coefficient (Wildman–Crippen LogP) is 1.77. The average Bonchev–Trinajstić information content (AvgIpc) is 2.10. The molecule has 1 nitrogen and oxygen atoms in total. The van der Waals surface area contributed by atoms with Crippen molar-refractivity contribution in [3.05, 3.63) is 0 Å². The van der Waals surface area contributed by atoms with Crippen LogP contribution in [0.5, 0.6) is 0 Å². The maximum atomic E-state index is 5.99. The van der Waals surface area contributed by atoms with Gasteiger partial charge in [-0.15, -0.1) is 0 Å². The topological polar surface area (TPSA) is 26.0 Å². The van der Waals surface area contributed by atoms with Gasteiger partial charge in [0.25, 0.3) is 0 Å². The summed E-state index contributed by atoms with van der Waals surface area (Å²) in [7, 11) is 0. The van der Waals surface area contributed by atoms with Crippen LogP contribution in [-0.2, 0) is 0 Å². The highest BCUT2D eigenvalue weighted by atomic mass is 14.8. The highest BCUT2D eigenvalue weighted by molar-refractivity contribution is 5.05. The lowest BCUT2D eigenvalue weighted by Gasteiger charge is -2.11. The Labute approximate surface area is 57.6 Å². The van der Waals surface area contributed by atoms with Gasteiger partial charge in [0.15, 0.2) is 0 Å². The van der Waals surface area contributed by atoms with Gasteiger partial charge in [0, 0.05) is 5.54 Å². The van der Waals surface area contributed by atoms with Gasteiger partial charge < -0.3 is 5.73 Å². The molecule has 9 heavy (non-hydrogen) atoms. The summed E-state index contributed by atoms with van der Waals surface area (Å²) in [4.78, 5) is 0. The first kappa shape index (κ1) is 7.07. The summed E-state index contributed by atoms with van der Waals surface area (Å²) in [6.45, 7) is 6.71. The largest absolute Gasteiger partial charge is 0.325 e. The van der Waals surface area contributed by atoms with Gasteiger partial charge in [0.05, 0.1) is 0 Å². The van der Waals surface area contributed by atoms with E-state index in [-0.39, 0.29) is 5.54 Å². The molecule has 1 fully saturated rings. The van der Waals surface area contributed by atoms with Crippen molar-refractivity contribution in [1.29, 1.82) is 0 Å². The van der Waals surface area contributed by atoms with E-state index in [4.69, 9.17) is 5.73 Å². The van der Waals surface area contributed by atoms with E-state index in [9.17, 15) is 0 Å². The monoisotopic (exact) mass is 127 g/mol. The van der Waals surface area contributed by atoms with E-state index in [1.54, 1.807) is 0 Å². The van der Waals surface area contributed by atoms with Crippen molar-refractivity contribution in [2.75, 3.05) is 0 Å². The van der Waals surface area contributed by atoms with Crippen LogP contribution in [-0.4, -0.2) is 5.54 Å². The van der Waals surface area contributed by atoms with Crippen LogP contribution in [0.4, 0.5) is 0 Å². The molecule has 0 radical (unpaired) electrons. The molecule has 1 unspecified atom stereocenters. The third-order valence-corrected chi connectivity index (χ3v) is 2.30. The summed E-state index contributed by atoms with van der Waals surface area (Å²) in [5, 5.41) is 0. The molecule has 0 spiro atoms. The number of rotatable bonds is 2. The van der Waals surface area contributed by atoms with E-state index >= 15 is 0 Å². The zero-order valence-electron chi connectivity index (χ0n) is 6.65. The van der Waals surface area contributed by atoms with Crippen molar-refractivity contribution in [2.24, 2.45) is 17.6 Å². The van der Waals surface area contributed by atoms with Crippen molar-refractivity contribution in [2.45, 2.75) is 39.2 Å². The highest BCUT2D eigenvalue weighted by Crippen LogP contribution is 2.44. The van der Waals surface area contributed by atoms with Gasteiger partial charge in [-0.1, -0.05) is 20.8 Å². The van der Waals surface area contributed by atoms with Crippen LogP contribution >= 0.6 is 0 Å². The Bertz CT molecular complexity index is 109. The molecule has 0 saturated heterocycles. The summed E-state index contributed by atoms with van der Waals surface area (Å²) in [6, 6.07) is 0. The van der Waals surface area contributed by atoms with E-state index < -0.39 is 0 Å². The quantitative estimate of drug-likeness (QED) is 0.601. The van der Waals surface area contributed by atoms with Gasteiger partial charge in [0.1, 0.15) is 0 Å². The Morgan fingerprint density at radius 1 is 1.67 bits per heavy atom. The molecule has 2 N–H and O–H groups in total. The smallest absolute Gasteiger partial charge is 0.0186 e. The van der Waals surface area contributed by atoms with E-state index in [1.807, 2.05) is 0 Å². The summed E-state index contributed by atoms with van der Waals surface area (Å²) in [6.07, 6.45) is 2.44. The van der Waals surface area contributed by atoms with Gasteiger partial charge in [0.2, 0.25) is 0 Å². The molecule has 0 amide bonds. The summed E-state index contributed by atoms with van der Waals surface area (Å²) >= 11 is 0. The molecule has 0 aromatic heterocycles. The molecule has 54 valence electrons. The van der Waals surface area contributed by atoms with E-state index in [0.717, 1.165) is 11.8 Å². The van der Waals surface area contributed by atoms with Crippen LogP contribution in [0.3, 0.4) is 0 Å². The van der Waals surface area contributed by atoms with Crippen molar-refractivity contribution >= 4 is 0 Å². The SMILES string of the molecule is CC(C)CC1(N)C[C@@H]1C. The van der Waals surface area contributed by atoms with Crippen molar-refractivity contribution in [3.63, 3.8) is 0 Å². The van der Waals surface area contributed by atoms with Gasteiger partial charge in [-0.2, -0.15) is 0 Å². The molecule has 1 aliphatic carbocycles. The van der Waals surface area contributed by atoms with Crippen LogP contribution in [0.25, 0.3) is 0 Å². The van der Waals surface area contributed by atoms with Crippen LogP contribution in [0, 0.1) is 11.8 Å². The van der Waals surface area contributed by atoms with Crippen LogP contribution < -0.4 is 5.73 Å². The van der Waals surface area contributed by atoms with Gasteiger partial charge in [-0.25, -0.2) is 0 Å². The average molecular weight is 127 g/mol. The van der Waals surface area contributed by atoms with Crippen LogP contribution in [0.15, 0.2) is 0 Å². The van der Waals surface area contributed by atoms with Crippen molar-refractivity contribution < 1.29 is 0 Å². The number of hydrogen-bond donors (Lipinski definition) is 1. The van der Waals surface area contributed by atoms with E-state index in [0.29, 0.717) is 0 Å². The number of hydrogen-bond acceptors (Lipinski definition) is 1. The molecule has 0 aromatic carbocycles. The third-order valence-electron chi connectivity index (χ3n) is 2.30. The fourth-order valence-corrected chi connectivity index (χ4v) is 1.56. The zero-order chi connectivity index (χ0) is 7.07. The summed E-state index contributed by atoms with van der Waals surface area (Å²) in [5.74, 6) is 1.54. The fraction of sp³-hybridized carbons (Fsp3) is 1.00. The summed E-state index contributed by atoms with van der Waals surface area (Å²) < 4.78 is 0. The highest BCUT2D eigenvalue weighted by Gasteiger charge is 2.47. The predicted molar refractivity (Wildman–Crippen MR) is 40.2 cm³/mol. The molecule has 1 saturated carbocycles. The van der Waals surface area contributed by atoms with Gasteiger partial charge >= 0.3 is 0 Å². The molecule has 2 atom stereocenters. The minimum Gasteiger partial charge on any atom is -0.325 e. The second-order valence-electron chi connectivity index (χ2n) is 3.94. The Balaban J connectivity index is 2.29. The first-order valence-electron chi connectivity index (χ1n) is 3.83. The maximum absolute atomic E-state index is 5.99. The Morgan fingerprint density at radius 3 is 2.22 bits per heavy atom. The van der Waals surface area contributed by atoms with Crippen molar-refractivity contribution in [1.82, 2.24) is 0 Å². The molecule has 0 aromatic rings. The van der Waals surface area contributed by atoms with E-state index in [2.05, 4.69) is 20.8 Å². The van der Waals surface area contributed by atoms with Gasteiger partial charge in [-0.05, 0) is 24.7 Å². The molecule has 1 heteroatoms. The fourth-order valence-electron chi connectivity index (χ4n) is 1.56. The third kappa shape index (κ3) is 1.45. The standard InChI is InChI=1S/C8H17N/c1-6(2)4-8(9)5-7(8)3/h6-7H,4-5,9H2,1-3H3/t7-,8?/m0/s1. The minimum atomic E-state index is 0.230. The molecule has 0 aliphatic heterocycles. The molecule has 0 heterocycles.